The number of Topliss-reactive ketones (excluding diaryl/α,β-unsaturated/α-hetero) is 1. The highest BCUT2D eigenvalue weighted by Gasteiger charge is 2.12. The van der Waals surface area contributed by atoms with Crippen LogP contribution in [0.15, 0.2) is 58.5 Å². The molecule has 1 aromatic carbocycles. The summed E-state index contributed by atoms with van der Waals surface area (Å²) in [6, 6.07) is 13.1. The van der Waals surface area contributed by atoms with Crippen molar-refractivity contribution in [2.24, 2.45) is 0 Å². The van der Waals surface area contributed by atoms with Gasteiger partial charge in [0.25, 0.3) is 0 Å². The maximum absolute atomic E-state index is 12.2. The van der Waals surface area contributed by atoms with Crippen LogP contribution in [-0.2, 0) is 6.42 Å². The van der Waals surface area contributed by atoms with E-state index in [0.717, 1.165) is 20.9 Å². The van der Waals surface area contributed by atoms with Gasteiger partial charge in [0.05, 0.1) is 12.1 Å². The topological polar surface area (TPSA) is 42.9 Å². The zero-order valence-electron chi connectivity index (χ0n) is 11.0. The quantitative estimate of drug-likeness (QED) is 0.649. The number of carbonyl (C=O) groups excluding carboxylic acids is 1. The fourth-order valence-electron chi connectivity index (χ4n) is 1.93. The molecule has 0 spiro atoms. The first kappa shape index (κ1) is 14.1. The molecule has 0 fully saturated rings. The molecule has 104 valence electrons. The van der Waals surface area contributed by atoms with Crippen LogP contribution in [0, 0.1) is 0 Å². The number of aromatic nitrogens is 2. The first-order valence-electron chi connectivity index (χ1n) is 6.37. The van der Waals surface area contributed by atoms with Crippen LogP contribution in [0.1, 0.15) is 16.1 Å². The second-order valence-corrected chi connectivity index (χ2v) is 6.16. The van der Waals surface area contributed by atoms with E-state index in [-0.39, 0.29) is 5.78 Å². The summed E-state index contributed by atoms with van der Waals surface area (Å²) in [5, 5.41) is 2.73. The van der Waals surface area contributed by atoms with Crippen molar-refractivity contribution < 1.29 is 4.79 Å². The largest absolute Gasteiger partial charge is 0.294 e. The third kappa shape index (κ3) is 3.25. The van der Waals surface area contributed by atoms with Gasteiger partial charge >= 0.3 is 0 Å². The molecule has 3 aromatic rings. The minimum atomic E-state index is 0.0764. The van der Waals surface area contributed by atoms with Crippen molar-refractivity contribution in [1.82, 2.24) is 9.97 Å². The molecule has 0 aliphatic carbocycles. The predicted molar refractivity (Wildman–Crippen MR) is 87.5 cm³/mol. The summed E-state index contributed by atoms with van der Waals surface area (Å²) in [7, 11) is 0. The van der Waals surface area contributed by atoms with Gasteiger partial charge in [-0.2, -0.15) is 0 Å². The number of thiazole rings is 1. The summed E-state index contributed by atoms with van der Waals surface area (Å²) in [4.78, 5) is 21.0. The van der Waals surface area contributed by atoms with Crippen molar-refractivity contribution >= 4 is 33.0 Å². The Balaban J connectivity index is 1.80. The zero-order valence-corrected chi connectivity index (χ0v) is 13.4. The molecule has 0 amide bonds. The second-order valence-electron chi connectivity index (χ2n) is 4.44. The van der Waals surface area contributed by atoms with E-state index < -0.39 is 0 Å². The van der Waals surface area contributed by atoms with Crippen LogP contribution in [0.25, 0.3) is 10.7 Å². The lowest BCUT2D eigenvalue weighted by Crippen LogP contribution is -2.03. The summed E-state index contributed by atoms with van der Waals surface area (Å²) in [6.45, 7) is 0. The molecule has 0 aliphatic heterocycles. The van der Waals surface area contributed by atoms with Gasteiger partial charge in [0.1, 0.15) is 10.7 Å². The maximum Gasteiger partial charge on any atom is 0.168 e. The standard InChI is InChI=1S/C16H11BrN2OS/c17-13-7-4-8-18-15(13)16-19-12(10-21-16)9-14(20)11-5-2-1-3-6-11/h1-8,10H,9H2. The number of nitrogens with zero attached hydrogens (tertiary/aromatic N) is 2. The van der Waals surface area contributed by atoms with Crippen LogP contribution in [-0.4, -0.2) is 15.8 Å². The Morgan fingerprint density at radius 1 is 1.14 bits per heavy atom. The molecule has 0 bridgehead atoms. The fourth-order valence-corrected chi connectivity index (χ4v) is 3.33. The lowest BCUT2D eigenvalue weighted by Gasteiger charge is -1.99. The van der Waals surface area contributed by atoms with E-state index in [4.69, 9.17) is 0 Å². The molecule has 3 nitrogen and oxygen atoms in total. The molecule has 0 atom stereocenters. The highest BCUT2D eigenvalue weighted by Crippen LogP contribution is 2.28. The smallest absolute Gasteiger partial charge is 0.168 e. The number of halogens is 1. The van der Waals surface area contributed by atoms with Crippen molar-refractivity contribution in [3.63, 3.8) is 0 Å². The molecule has 2 aromatic heterocycles. The van der Waals surface area contributed by atoms with Crippen LogP contribution in [0.2, 0.25) is 0 Å². The van der Waals surface area contributed by atoms with Crippen molar-refractivity contribution in [3.8, 4) is 10.7 Å². The first-order valence-corrected chi connectivity index (χ1v) is 8.05. The molecule has 21 heavy (non-hydrogen) atoms. The molecule has 0 aliphatic rings. The van der Waals surface area contributed by atoms with E-state index in [0.29, 0.717) is 12.0 Å². The fraction of sp³-hybridized carbons (Fsp3) is 0.0625. The van der Waals surface area contributed by atoms with Crippen LogP contribution in [0.5, 0.6) is 0 Å². The third-order valence-electron chi connectivity index (χ3n) is 2.95. The van der Waals surface area contributed by atoms with Gasteiger partial charge in [-0.15, -0.1) is 11.3 Å². The lowest BCUT2D eigenvalue weighted by molar-refractivity contribution is 0.0992. The Kier molecular flexibility index (Phi) is 4.22. The minimum Gasteiger partial charge on any atom is -0.294 e. The molecular formula is C16H11BrN2OS. The van der Waals surface area contributed by atoms with E-state index in [1.165, 1.54) is 11.3 Å². The van der Waals surface area contributed by atoms with Gasteiger partial charge in [0, 0.05) is 21.6 Å². The average Bonchev–Trinajstić information content (AvgIpc) is 2.97. The summed E-state index contributed by atoms with van der Waals surface area (Å²) < 4.78 is 0.903. The van der Waals surface area contributed by atoms with Gasteiger partial charge in [-0.05, 0) is 28.1 Å². The van der Waals surface area contributed by atoms with Crippen molar-refractivity contribution in [1.29, 1.82) is 0 Å². The lowest BCUT2D eigenvalue weighted by atomic mass is 10.1. The minimum absolute atomic E-state index is 0.0764. The van der Waals surface area contributed by atoms with E-state index in [2.05, 4.69) is 25.9 Å². The Morgan fingerprint density at radius 2 is 1.95 bits per heavy atom. The van der Waals surface area contributed by atoms with Crippen LogP contribution < -0.4 is 0 Å². The predicted octanol–water partition coefficient (Wildman–Crippen LogP) is 4.39. The molecule has 5 heteroatoms. The highest BCUT2D eigenvalue weighted by atomic mass is 79.9. The van der Waals surface area contributed by atoms with Gasteiger partial charge in [-0.3, -0.25) is 9.78 Å². The van der Waals surface area contributed by atoms with Gasteiger partial charge < -0.3 is 0 Å². The molecule has 0 saturated heterocycles. The first-order chi connectivity index (χ1) is 10.2. The summed E-state index contributed by atoms with van der Waals surface area (Å²) in [5.41, 5.74) is 2.30. The molecule has 0 saturated carbocycles. The maximum atomic E-state index is 12.2. The summed E-state index contributed by atoms with van der Waals surface area (Å²) in [5.74, 6) is 0.0764. The number of hydrogen-bond acceptors (Lipinski definition) is 4. The van der Waals surface area contributed by atoms with Gasteiger partial charge in [-0.1, -0.05) is 30.3 Å². The molecule has 3 rings (SSSR count). The second kappa shape index (κ2) is 6.28. The van der Waals surface area contributed by atoms with Crippen LogP contribution in [0.3, 0.4) is 0 Å². The van der Waals surface area contributed by atoms with Crippen molar-refractivity contribution in [3.05, 3.63) is 69.8 Å². The van der Waals surface area contributed by atoms with Crippen LogP contribution in [0.4, 0.5) is 0 Å². The van der Waals surface area contributed by atoms with E-state index >= 15 is 0 Å². The molecule has 0 radical (unpaired) electrons. The third-order valence-corrected chi connectivity index (χ3v) is 4.49. The van der Waals surface area contributed by atoms with Gasteiger partial charge in [0.15, 0.2) is 5.78 Å². The van der Waals surface area contributed by atoms with Gasteiger partial charge in [-0.25, -0.2) is 4.98 Å². The Morgan fingerprint density at radius 3 is 2.71 bits per heavy atom. The molecule has 0 unspecified atom stereocenters. The van der Waals surface area contributed by atoms with Crippen LogP contribution >= 0.6 is 27.3 Å². The normalized spacial score (nSPS) is 10.5. The van der Waals surface area contributed by atoms with E-state index in [1.54, 1.807) is 6.20 Å². The zero-order chi connectivity index (χ0) is 14.7. The van der Waals surface area contributed by atoms with Crippen molar-refractivity contribution in [2.75, 3.05) is 0 Å². The van der Waals surface area contributed by atoms with Gasteiger partial charge in [0.2, 0.25) is 0 Å². The monoisotopic (exact) mass is 358 g/mol. The Hall–Kier alpha value is -1.85. The summed E-state index contributed by atoms with van der Waals surface area (Å²) in [6.07, 6.45) is 2.04. The van der Waals surface area contributed by atoms with E-state index in [9.17, 15) is 4.79 Å². The van der Waals surface area contributed by atoms with E-state index in [1.807, 2.05) is 47.8 Å². The number of benzene rings is 1. The average molecular weight is 359 g/mol. The number of hydrogen-bond donors (Lipinski definition) is 0. The number of pyridine rings is 1. The highest BCUT2D eigenvalue weighted by molar-refractivity contribution is 9.10. The SMILES string of the molecule is O=C(Cc1csc(-c2ncccc2Br)n1)c1ccccc1. The Bertz CT molecular complexity index is 771. The Labute approximate surface area is 134 Å². The number of ketones is 1. The molecule has 0 N–H and O–H groups in total. The molecular weight excluding hydrogens is 348 g/mol. The number of rotatable bonds is 4. The summed E-state index contributed by atoms with van der Waals surface area (Å²) >= 11 is 4.97. The number of carbonyl (C=O) groups is 1. The van der Waals surface area contributed by atoms with Crippen molar-refractivity contribution in [2.45, 2.75) is 6.42 Å². The molecule has 2 heterocycles.